The van der Waals surface area contributed by atoms with Crippen LogP contribution in [-0.4, -0.2) is 24.8 Å². The lowest BCUT2D eigenvalue weighted by molar-refractivity contribution is -0.252. The van der Waals surface area contributed by atoms with Gasteiger partial charge in [-0.05, 0) is 30.1 Å². The van der Waals surface area contributed by atoms with E-state index in [2.05, 4.69) is 0 Å². The summed E-state index contributed by atoms with van der Waals surface area (Å²) in [6, 6.07) is 0. The molecule has 6 rings (SSSR count). The molecular weight excluding hydrogens is 204 g/mol. The van der Waals surface area contributed by atoms with Crippen molar-refractivity contribution in [3.63, 3.8) is 0 Å². The Labute approximate surface area is 93.5 Å². The van der Waals surface area contributed by atoms with E-state index in [0.717, 1.165) is 36.9 Å². The lowest BCUT2D eigenvalue weighted by atomic mass is 9.58. The molecule has 5 aliphatic carbocycles. The number of fused-ring (bicyclic) bond motifs is 4. The molecule has 16 heavy (non-hydrogen) atoms. The van der Waals surface area contributed by atoms with Crippen molar-refractivity contribution in [1.82, 2.24) is 0 Å². The van der Waals surface area contributed by atoms with Gasteiger partial charge in [-0.2, -0.15) is 0 Å². The smallest absolute Gasteiger partial charge is 0.176 e. The number of ketones is 1. The van der Waals surface area contributed by atoms with E-state index in [-0.39, 0.29) is 5.79 Å². The lowest BCUT2D eigenvalue weighted by Gasteiger charge is -2.49. The van der Waals surface area contributed by atoms with Crippen LogP contribution in [0.15, 0.2) is 0 Å². The molecule has 0 aromatic carbocycles. The third-order valence-corrected chi connectivity index (χ3v) is 6.83. The van der Waals surface area contributed by atoms with Crippen LogP contribution in [0.25, 0.3) is 0 Å². The quantitative estimate of drug-likeness (QED) is 0.600. The van der Waals surface area contributed by atoms with Crippen molar-refractivity contribution in [3.05, 3.63) is 0 Å². The minimum Gasteiger partial charge on any atom is -0.347 e. The van der Waals surface area contributed by atoms with E-state index in [1.807, 2.05) is 0 Å². The van der Waals surface area contributed by atoms with E-state index in [9.17, 15) is 4.79 Å². The minimum atomic E-state index is -0.291. The number of Topliss-reactive ketones (excluding diaryl/α,β-unsaturated/α-hetero) is 1. The number of rotatable bonds is 0. The van der Waals surface area contributed by atoms with Crippen LogP contribution in [0.1, 0.15) is 6.42 Å². The van der Waals surface area contributed by atoms with Crippen molar-refractivity contribution in [3.8, 4) is 0 Å². The molecule has 0 aromatic rings. The molecule has 5 saturated carbocycles. The molecule has 0 N–H and O–H groups in total. The van der Waals surface area contributed by atoms with E-state index < -0.39 is 0 Å². The molecule has 3 nitrogen and oxygen atoms in total. The summed E-state index contributed by atoms with van der Waals surface area (Å²) in [4.78, 5) is 12.3. The van der Waals surface area contributed by atoms with E-state index in [4.69, 9.17) is 9.47 Å². The van der Waals surface area contributed by atoms with Gasteiger partial charge in [0.25, 0.3) is 0 Å². The predicted molar refractivity (Wildman–Crippen MR) is 52.2 cm³/mol. The SMILES string of the molecule is O=C1[C@@H]2[C@H]3[C@@H]4C[C@@H]5[C@H]3[C@H]2C2(OCCO2)[C@@H]5[C@@H]14. The van der Waals surface area contributed by atoms with Crippen LogP contribution in [0, 0.1) is 47.3 Å². The number of carbonyl (C=O) groups excluding carboxylic acids is 1. The lowest BCUT2D eigenvalue weighted by Crippen LogP contribution is -2.58. The molecular formula is C13H14O3. The summed E-state index contributed by atoms with van der Waals surface area (Å²) >= 11 is 0. The molecule has 3 heteroatoms. The summed E-state index contributed by atoms with van der Waals surface area (Å²) in [5.74, 6) is 4.88. The average Bonchev–Trinajstić information content (AvgIpc) is 2.87. The fourth-order valence-electron chi connectivity index (χ4n) is 6.94. The molecule has 0 amide bonds. The van der Waals surface area contributed by atoms with Crippen LogP contribution in [-0.2, 0) is 14.3 Å². The van der Waals surface area contributed by atoms with Crippen LogP contribution < -0.4 is 0 Å². The molecule has 2 bridgehead atoms. The van der Waals surface area contributed by atoms with E-state index >= 15 is 0 Å². The van der Waals surface area contributed by atoms with E-state index in [1.54, 1.807) is 0 Å². The van der Waals surface area contributed by atoms with Crippen LogP contribution in [0.4, 0.5) is 0 Å². The van der Waals surface area contributed by atoms with Gasteiger partial charge in [-0.25, -0.2) is 0 Å². The topological polar surface area (TPSA) is 35.5 Å². The van der Waals surface area contributed by atoms with Gasteiger partial charge in [-0.15, -0.1) is 0 Å². The molecule has 0 aromatic heterocycles. The van der Waals surface area contributed by atoms with Crippen molar-refractivity contribution < 1.29 is 14.3 Å². The average molecular weight is 218 g/mol. The highest BCUT2D eigenvalue weighted by Crippen LogP contribution is 2.85. The molecule has 6 fully saturated rings. The zero-order valence-corrected chi connectivity index (χ0v) is 8.96. The zero-order valence-electron chi connectivity index (χ0n) is 8.96. The Bertz CT molecular complexity index is 438. The highest BCUT2D eigenvalue weighted by Gasteiger charge is 2.89. The van der Waals surface area contributed by atoms with E-state index in [0.29, 0.717) is 29.5 Å². The van der Waals surface area contributed by atoms with E-state index in [1.165, 1.54) is 6.42 Å². The summed E-state index contributed by atoms with van der Waals surface area (Å²) in [6.07, 6.45) is 1.30. The van der Waals surface area contributed by atoms with Crippen LogP contribution in [0.5, 0.6) is 0 Å². The van der Waals surface area contributed by atoms with Crippen molar-refractivity contribution in [2.24, 2.45) is 47.3 Å². The van der Waals surface area contributed by atoms with Crippen molar-refractivity contribution >= 4 is 5.78 Å². The maximum atomic E-state index is 12.3. The Balaban J connectivity index is 1.66. The number of ether oxygens (including phenoxy) is 2. The summed E-state index contributed by atoms with van der Waals surface area (Å²) in [5, 5.41) is 0. The highest BCUT2D eigenvalue weighted by molar-refractivity contribution is 5.91. The Morgan fingerprint density at radius 3 is 2.62 bits per heavy atom. The molecule has 1 saturated heterocycles. The minimum absolute atomic E-state index is 0.291. The maximum Gasteiger partial charge on any atom is 0.176 e. The van der Waals surface area contributed by atoms with Gasteiger partial charge in [0, 0.05) is 23.7 Å². The van der Waals surface area contributed by atoms with Gasteiger partial charge in [0.2, 0.25) is 0 Å². The van der Waals surface area contributed by atoms with Crippen LogP contribution in [0.3, 0.4) is 0 Å². The first-order valence-corrected chi connectivity index (χ1v) is 6.66. The van der Waals surface area contributed by atoms with Gasteiger partial charge in [0.05, 0.1) is 13.2 Å². The monoisotopic (exact) mass is 218 g/mol. The highest BCUT2D eigenvalue weighted by atomic mass is 16.7. The van der Waals surface area contributed by atoms with Gasteiger partial charge in [0.1, 0.15) is 5.78 Å². The normalized spacial score (nSPS) is 69.9. The van der Waals surface area contributed by atoms with Gasteiger partial charge < -0.3 is 9.47 Å². The zero-order chi connectivity index (χ0) is 10.2. The van der Waals surface area contributed by atoms with Gasteiger partial charge in [-0.3, -0.25) is 4.79 Å². The molecule has 0 unspecified atom stereocenters. The third-order valence-electron chi connectivity index (χ3n) is 6.83. The van der Waals surface area contributed by atoms with Crippen molar-refractivity contribution in [2.45, 2.75) is 12.2 Å². The second-order valence-corrected chi connectivity index (χ2v) is 6.64. The first-order valence-electron chi connectivity index (χ1n) is 6.66. The fourth-order valence-corrected chi connectivity index (χ4v) is 6.94. The van der Waals surface area contributed by atoms with Gasteiger partial charge in [-0.1, -0.05) is 0 Å². The number of carbonyl (C=O) groups is 1. The Kier molecular flexibility index (Phi) is 0.933. The van der Waals surface area contributed by atoms with Crippen LogP contribution >= 0.6 is 0 Å². The number of hydrogen-bond donors (Lipinski definition) is 0. The summed E-state index contributed by atoms with van der Waals surface area (Å²) in [7, 11) is 0. The van der Waals surface area contributed by atoms with Crippen LogP contribution in [0.2, 0.25) is 0 Å². The molecule has 1 aliphatic heterocycles. The summed E-state index contributed by atoms with van der Waals surface area (Å²) < 4.78 is 12.1. The van der Waals surface area contributed by atoms with Crippen molar-refractivity contribution in [1.29, 1.82) is 0 Å². The first kappa shape index (κ1) is 7.83. The largest absolute Gasteiger partial charge is 0.347 e. The molecule has 0 radical (unpaired) electrons. The molecule has 1 heterocycles. The predicted octanol–water partition coefficient (Wildman–Crippen LogP) is 0.686. The van der Waals surface area contributed by atoms with Crippen molar-refractivity contribution in [2.75, 3.05) is 13.2 Å². The Morgan fingerprint density at radius 2 is 1.81 bits per heavy atom. The molecule has 1 spiro atoms. The summed E-state index contributed by atoms with van der Waals surface area (Å²) in [5.41, 5.74) is 0. The second kappa shape index (κ2) is 1.91. The molecule has 8 atom stereocenters. The fraction of sp³-hybridized carbons (Fsp3) is 0.923. The number of hydrogen-bond acceptors (Lipinski definition) is 3. The Morgan fingerprint density at radius 1 is 1.00 bits per heavy atom. The molecule has 6 aliphatic rings. The van der Waals surface area contributed by atoms with Gasteiger partial charge >= 0.3 is 0 Å². The standard InChI is InChI=1S/C13H14O3/c14-12-8-4-3-5-7-6(4)9(12)11(7)13(10(5)8)15-1-2-16-13/h4-11H,1-3H2/t4-,5+,6-,7+,8-,9+,10-,11+/m0/s1. The maximum absolute atomic E-state index is 12.3. The first-order chi connectivity index (χ1) is 7.84. The Hall–Kier alpha value is -0.410. The third kappa shape index (κ3) is 0.458. The summed E-state index contributed by atoms with van der Waals surface area (Å²) in [6.45, 7) is 1.49. The van der Waals surface area contributed by atoms with Gasteiger partial charge in [0.15, 0.2) is 5.79 Å². The molecule has 84 valence electrons. The second-order valence-electron chi connectivity index (χ2n) is 6.64.